The molecule has 3 nitrogen and oxygen atoms in total. The van der Waals surface area contributed by atoms with E-state index in [-0.39, 0.29) is 11.5 Å². The summed E-state index contributed by atoms with van der Waals surface area (Å²) in [6.45, 7) is 3.46. The van der Waals surface area contributed by atoms with Crippen LogP contribution in [0.25, 0.3) is 0 Å². The predicted octanol–water partition coefficient (Wildman–Crippen LogP) is 2.65. The lowest BCUT2D eigenvalue weighted by atomic mass is 9.84. The van der Waals surface area contributed by atoms with Gasteiger partial charge in [0.05, 0.1) is 6.04 Å². The molecule has 1 aliphatic heterocycles. The fourth-order valence-corrected chi connectivity index (χ4v) is 3.86. The van der Waals surface area contributed by atoms with E-state index in [1.54, 1.807) is 0 Å². The van der Waals surface area contributed by atoms with Crippen LogP contribution in [0.4, 0.5) is 0 Å². The first kappa shape index (κ1) is 13.6. The van der Waals surface area contributed by atoms with Gasteiger partial charge in [-0.05, 0) is 30.4 Å². The third kappa shape index (κ3) is 2.14. The number of hydrogen-bond donors (Lipinski definition) is 1. The summed E-state index contributed by atoms with van der Waals surface area (Å²) in [5.41, 5.74) is 8.44. The minimum Gasteiger partial charge on any atom is -0.334 e. The van der Waals surface area contributed by atoms with Crippen molar-refractivity contribution in [3.05, 3.63) is 35.4 Å². The quantitative estimate of drug-likeness (QED) is 0.899. The standard InChI is InChI=1S/C17H24N2O/c1-17(9-4-5-10-17)16(20)19-11-8-13-6-2-3-7-14(13)15(19)12-18/h2-3,6-7,15H,4-5,8-12,18H2,1H3. The number of rotatable bonds is 2. The smallest absolute Gasteiger partial charge is 0.229 e. The number of amides is 1. The summed E-state index contributed by atoms with van der Waals surface area (Å²) in [5, 5.41) is 0. The first-order valence-corrected chi connectivity index (χ1v) is 7.75. The van der Waals surface area contributed by atoms with Crippen molar-refractivity contribution in [2.45, 2.75) is 45.1 Å². The molecule has 2 N–H and O–H groups in total. The molecule has 1 aromatic rings. The molecule has 20 heavy (non-hydrogen) atoms. The molecule has 0 aromatic heterocycles. The Morgan fingerprint density at radius 3 is 2.75 bits per heavy atom. The molecule has 1 unspecified atom stereocenters. The molecule has 1 atom stereocenters. The van der Waals surface area contributed by atoms with Gasteiger partial charge in [-0.3, -0.25) is 4.79 Å². The number of fused-ring (bicyclic) bond motifs is 1. The van der Waals surface area contributed by atoms with Crippen molar-refractivity contribution >= 4 is 5.91 Å². The molecule has 0 radical (unpaired) electrons. The number of nitrogens with zero attached hydrogens (tertiary/aromatic N) is 1. The summed E-state index contributed by atoms with van der Waals surface area (Å²) in [5.74, 6) is 0.319. The molecule has 1 aliphatic carbocycles. The van der Waals surface area contributed by atoms with E-state index in [9.17, 15) is 4.79 Å². The number of hydrogen-bond acceptors (Lipinski definition) is 2. The zero-order chi connectivity index (χ0) is 14.2. The molecular formula is C17H24N2O. The van der Waals surface area contributed by atoms with Crippen molar-refractivity contribution in [2.24, 2.45) is 11.1 Å². The second-order valence-electron chi connectivity index (χ2n) is 6.47. The first-order valence-electron chi connectivity index (χ1n) is 7.75. The normalized spacial score (nSPS) is 24.5. The average molecular weight is 272 g/mol. The van der Waals surface area contributed by atoms with Crippen LogP contribution in [0.15, 0.2) is 24.3 Å². The van der Waals surface area contributed by atoms with Gasteiger partial charge in [-0.25, -0.2) is 0 Å². The second-order valence-corrected chi connectivity index (χ2v) is 6.47. The minimum atomic E-state index is -0.153. The van der Waals surface area contributed by atoms with Gasteiger partial charge in [0.2, 0.25) is 5.91 Å². The Morgan fingerprint density at radius 1 is 1.35 bits per heavy atom. The summed E-state index contributed by atoms with van der Waals surface area (Å²) < 4.78 is 0. The van der Waals surface area contributed by atoms with Crippen LogP contribution in [0.3, 0.4) is 0 Å². The van der Waals surface area contributed by atoms with E-state index in [1.807, 2.05) is 11.0 Å². The molecule has 3 heteroatoms. The number of nitrogens with two attached hydrogens (primary N) is 1. The van der Waals surface area contributed by atoms with Crippen LogP contribution in [0.1, 0.15) is 49.8 Å². The lowest BCUT2D eigenvalue weighted by Gasteiger charge is -2.41. The summed E-state index contributed by atoms with van der Waals surface area (Å²) in [6, 6.07) is 8.47. The zero-order valence-corrected chi connectivity index (χ0v) is 12.3. The van der Waals surface area contributed by atoms with Gasteiger partial charge in [0.15, 0.2) is 0 Å². The summed E-state index contributed by atoms with van der Waals surface area (Å²) in [4.78, 5) is 15.0. The molecule has 0 saturated heterocycles. The van der Waals surface area contributed by atoms with Crippen LogP contribution < -0.4 is 5.73 Å². The van der Waals surface area contributed by atoms with Crippen LogP contribution in [0.2, 0.25) is 0 Å². The lowest BCUT2D eigenvalue weighted by Crippen LogP contribution is -2.48. The van der Waals surface area contributed by atoms with Crippen LogP contribution in [0, 0.1) is 5.41 Å². The molecule has 3 rings (SSSR count). The fraction of sp³-hybridized carbons (Fsp3) is 0.588. The molecule has 1 saturated carbocycles. The van der Waals surface area contributed by atoms with Gasteiger partial charge >= 0.3 is 0 Å². The SMILES string of the molecule is CC1(C(=O)N2CCc3ccccc3C2CN)CCCC1. The Bertz CT molecular complexity index is 505. The summed E-state index contributed by atoms with van der Waals surface area (Å²) in [7, 11) is 0. The fourth-order valence-electron chi connectivity index (χ4n) is 3.86. The Morgan fingerprint density at radius 2 is 2.05 bits per heavy atom. The van der Waals surface area contributed by atoms with Crippen molar-refractivity contribution in [3.8, 4) is 0 Å². The maximum atomic E-state index is 13.0. The molecule has 1 aromatic carbocycles. The van der Waals surface area contributed by atoms with Gasteiger partial charge in [-0.1, -0.05) is 44.0 Å². The van der Waals surface area contributed by atoms with Crippen molar-refractivity contribution in [1.29, 1.82) is 0 Å². The van der Waals surface area contributed by atoms with Gasteiger partial charge in [0, 0.05) is 18.5 Å². The van der Waals surface area contributed by atoms with Crippen molar-refractivity contribution in [3.63, 3.8) is 0 Å². The van der Waals surface area contributed by atoms with Crippen LogP contribution in [-0.2, 0) is 11.2 Å². The maximum Gasteiger partial charge on any atom is 0.229 e. The number of carbonyl (C=O) groups excluding carboxylic acids is 1. The Hall–Kier alpha value is -1.35. The first-order chi connectivity index (χ1) is 9.65. The average Bonchev–Trinajstić information content (AvgIpc) is 2.93. The monoisotopic (exact) mass is 272 g/mol. The Balaban J connectivity index is 1.89. The third-order valence-electron chi connectivity index (χ3n) is 5.12. The van der Waals surface area contributed by atoms with Crippen LogP contribution >= 0.6 is 0 Å². The van der Waals surface area contributed by atoms with E-state index in [4.69, 9.17) is 5.73 Å². The minimum absolute atomic E-state index is 0.0601. The van der Waals surface area contributed by atoms with Gasteiger partial charge in [-0.2, -0.15) is 0 Å². The summed E-state index contributed by atoms with van der Waals surface area (Å²) in [6.07, 6.45) is 5.37. The highest BCUT2D eigenvalue weighted by atomic mass is 16.2. The van der Waals surface area contributed by atoms with Gasteiger partial charge in [-0.15, -0.1) is 0 Å². The van der Waals surface area contributed by atoms with Crippen molar-refractivity contribution in [1.82, 2.24) is 4.90 Å². The Labute approximate surface area is 121 Å². The van der Waals surface area contributed by atoms with Gasteiger partial charge in [0.1, 0.15) is 0 Å². The molecule has 0 bridgehead atoms. The molecule has 108 valence electrons. The molecule has 1 fully saturated rings. The highest BCUT2D eigenvalue weighted by molar-refractivity contribution is 5.83. The van der Waals surface area contributed by atoms with Gasteiger partial charge < -0.3 is 10.6 Å². The molecule has 1 heterocycles. The molecular weight excluding hydrogens is 248 g/mol. The van der Waals surface area contributed by atoms with Crippen molar-refractivity contribution in [2.75, 3.05) is 13.1 Å². The topological polar surface area (TPSA) is 46.3 Å². The van der Waals surface area contributed by atoms with Crippen molar-refractivity contribution < 1.29 is 4.79 Å². The van der Waals surface area contributed by atoms with E-state index >= 15 is 0 Å². The lowest BCUT2D eigenvalue weighted by molar-refractivity contribution is -0.144. The third-order valence-corrected chi connectivity index (χ3v) is 5.12. The predicted molar refractivity (Wildman–Crippen MR) is 80.2 cm³/mol. The maximum absolute atomic E-state index is 13.0. The molecule has 2 aliphatic rings. The summed E-state index contributed by atoms with van der Waals surface area (Å²) >= 11 is 0. The van der Waals surface area contributed by atoms with Crippen LogP contribution in [0.5, 0.6) is 0 Å². The largest absolute Gasteiger partial charge is 0.334 e. The number of carbonyl (C=O) groups is 1. The second kappa shape index (κ2) is 5.21. The number of benzene rings is 1. The highest BCUT2D eigenvalue weighted by Crippen LogP contribution is 2.41. The molecule has 0 spiro atoms. The van der Waals surface area contributed by atoms with E-state index in [0.29, 0.717) is 12.5 Å². The van der Waals surface area contributed by atoms with Crippen LogP contribution in [-0.4, -0.2) is 23.9 Å². The zero-order valence-electron chi connectivity index (χ0n) is 12.3. The van der Waals surface area contributed by atoms with E-state index in [0.717, 1.165) is 25.8 Å². The molecule has 1 amide bonds. The van der Waals surface area contributed by atoms with E-state index < -0.39 is 0 Å². The van der Waals surface area contributed by atoms with E-state index in [2.05, 4.69) is 25.1 Å². The van der Waals surface area contributed by atoms with E-state index in [1.165, 1.54) is 24.0 Å². The van der Waals surface area contributed by atoms with Gasteiger partial charge in [0.25, 0.3) is 0 Å². The Kier molecular flexibility index (Phi) is 3.55. The highest BCUT2D eigenvalue weighted by Gasteiger charge is 2.42.